The molecular formula is C36H48N4O6. The van der Waals surface area contributed by atoms with E-state index in [-0.39, 0.29) is 30.3 Å². The number of carbonyl (C=O) groups excluding carboxylic acids is 1. The summed E-state index contributed by atoms with van der Waals surface area (Å²) in [7, 11) is 0. The van der Waals surface area contributed by atoms with Gasteiger partial charge in [-0.15, -0.1) is 0 Å². The first-order chi connectivity index (χ1) is 22.4. The fraction of sp³-hybridized carbons (Fsp3) is 0.611. The number of rotatable bonds is 12. The van der Waals surface area contributed by atoms with Crippen LogP contribution >= 0.6 is 0 Å². The molecule has 10 nitrogen and oxygen atoms in total. The van der Waals surface area contributed by atoms with Crippen molar-refractivity contribution in [2.75, 3.05) is 39.3 Å². The fourth-order valence-electron chi connectivity index (χ4n) is 8.14. The highest BCUT2D eigenvalue weighted by Crippen LogP contribution is 2.39. The predicted octanol–water partition coefficient (Wildman–Crippen LogP) is 6.16. The second-order valence-corrected chi connectivity index (χ2v) is 14.0. The summed E-state index contributed by atoms with van der Waals surface area (Å²) < 4.78 is 5.72. The number of nitro groups is 1. The Kier molecular flexibility index (Phi) is 10.5. The topological polar surface area (TPSA) is 116 Å². The molecule has 1 amide bonds. The van der Waals surface area contributed by atoms with Crippen molar-refractivity contribution in [1.29, 1.82) is 0 Å². The van der Waals surface area contributed by atoms with E-state index in [0.717, 1.165) is 96.2 Å². The van der Waals surface area contributed by atoms with Gasteiger partial charge in [-0.1, -0.05) is 49.6 Å². The van der Waals surface area contributed by atoms with E-state index in [2.05, 4.69) is 34.1 Å². The van der Waals surface area contributed by atoms with Crippen molar-refractivity contribution < 1.29 is 24.4 Å². The van der Waals surface area contributed by atoms with Crippen LogP contribution in [-0.2, 0) is 16.1 Å². The molecule has 2 aliphatic heterocycles. The number of non-ortho nitro benzene ring substituents is 1. The lowest BCUT2D eigenvalue weighted by molar-refractivity contribution is -0.384. The van der Waals surface area contributed by atoms with Gasteiger partial charge in [-0.05, 0) is 79.5 Å². The Hall–Kier alpha value is -3.50. The molecule has 6 rings (SSSR count). The van der Waals surface area contributed by atoms with Gasteiger partial charge >= 0.3 is 12.1 Å². The Labute approximate surface area is 271 Å². The highest BCUT2D eigenvalue weighted by atomic mass is 16.6. The van der Waals surface area contributed by atoms with E-state index in [0.29, 0.717) is 17.8 Å². The van der Waals surface area contributed by atoms with Crippen molar-refractivity contribution in [1.82, 2.24) is 14.7 Å². The number of hydrogen-bond donors (Lipinski definition) is 1. The molecule has 2 aliphatic carbocycles. The van der Waals surface area contributed by atoms with E-state index < -0.39 is 16.9 Å². The lowest BCUT2D eigenvalue weighted by atomic mass is 9.83. The van der Waals surface area contributed by atoms with Crippen LogP contribution in [0, 0.1) is 27.9 Å². The molecule has 2 aromatic carbocycles. The van der Waals surface area contributed by atoms with Gasteiger partial charge in [-0.2, -0.15) is 0 Å². The fourth-order valence-corrected chi connectivity index (χ4v) is 8.14. The minimum atomic E-state index is -0.670. The lowest BCUT2D eigenvalue weighted by Crippen LogP contribution is -2.49. The third-order valence-electron chi connectivity index (χ3n) is 10.8. The molecule has 4 aliphatic rings. The van der Waals surface area contributed by atoms with Gasteiger partial charge in [0.05, 0.1) is 4.92 Å². The molecule has 46 heavy (non-hydrogen) atoms. The number of piperidine rings is 1. The van der Waals surface area contributed by atoms with Crippen molar-refractivity contribution in [2.45, 2.75) is 82.4 Å². The van der Waals surface area contributed by atoms with Gasteiger partial charge in [-0.3, -0.25) is 19.8 Å². The molecule has 0 unspecified atom stereocenters. The van der Waals surface area contributed by atoms with Crippen LogP contribution in [-0.4, -0.2) is 88.1 Å². The summed E-state index contributed by atoms with van der Waals surface area (Å²) in [6.07, 6.45) is 9.23. The number of benzene rings is 2. The van der Waals surface area contributed by atoms with E-state index in [1.54, 1.807) is 12.1 Å². The maximum Gasteiger partial charge on any atom is 0.410 e. The first-order valence-electron chi connectivity index (χ1n) is 17.3. The van der Waals surface area contributed by atoms with Crippen LogP contribution in [0.15, 0.2) is 54.6 Å². The molecule has 248 valence electrons. The number of carboxylic acid groups (broad SMARTS) is 1. The largest absolute Gasteiger partial charge is 0.480 e. The number of ether oxygens (including phenoxy) is 1. The second kappa shape index (κ2) is 14.9. The normalized spacial score (nSPS) is 24.0. The predicted molar refractivity (Wildman–Crippen MR) is 174 cm³/mol. The van der Waals surface area contributed by atoms with Crippen LogP contribution < -0.4 is 0 Å². The Morgan fingerprint density at radius 3 is 2.26 bits per heavy atom. The SMILES string of the molecule is O=C(O)[C@@H](C1CCCCC1)N1C[C@H](CN2CCC(N(CC3CC3)C(=O)OCc3ccc([N+](=O)[O-])cc3)CC2)[C@@H](c2ccccc2)C1. The third-order valence-corrected chi connectivity index (χ3v) is 10.8. The van der Waals surface area contributed by atoms with Gasteiger partial charge in [0.1, 0.15) is 12.6 Å². The molecule has 2 saturated heterocycles. The summed E-state index contributed by atoms with van der Waals surface area (Å²) in [6.45, 7) is 5.11. The summed E-state index contributed by atoms with van der Waals surface area (Å²) in [5.74, 6) is 0.738. The number of aliphatic carboxylic acids is 1. The number of carboxylic acids is 1. The van der Waals surface area contributed by atoms with Crippen molar-refractivity contribution in [2.24, 2.45) is 17.8 Å². The van der Waals surface area contributed by atoms with Crippen LogP contribution in [0.2, 0.25) is 0 Å². The maximum absolute atomic E-state index is 13.3. The van der Waals surface area contributed by atoms with Gasteiger partial charge in [0.15, 0.2) is 0 Å². The molecule has 0 spiro atoms. The van der Waals surface area contributed by atoms with Crippen molar-refractivity contribution in [3.05, 3.63) is 75.8 Å². The lowest BCUT2D eigenvalue weighted by Gasteiger charge is -2.39. The first-order valence-corrected chi connectivity index (χ1v) is 17.3. The van der Waals surface area contributed by atoms with E-state index >= 15 is 0 Å². The summed E-state index contributed by atoms with van der Waals surface area (Å²) in [5.41, 5.74) is 2.04. The molecule has 2 heterocycles. The Morgan fingerprint density at radius 1 is 0.935 bits per heavy atom. The maximum atomic E-state index is 13.3. The Balaban J connectivity index is 1.07. The quantitative estimate of drug-likeness (QED) is 0.219. The molecular weight excluding hydrogens is 584 g/mol. The van der Waals surface area contributed by atoms with Gasteiger partial charge in [0, 0.05) is 63.4 Å². The number of nitro benzene ring substituents is 1. The van der Waals surface area contributed by atoms with Crippen molar-refractivity contribution in [3.8, 4) is 0 Å². The van der Waals surface area contributed by atoms with Gasteiger partial charge in [0.2, 0.25) is 0 Å². The first kappa shape index (κ1) is 32.4. The number of nitrogens with zero attached hydrogens (tertiary/aromatic N) is 4. The van der Waals surface area contributed by atoms with Gasteiger partial charge < -0.3 is 19.6 Å². The molecule has 0 aromatic heterocycles. The number of amides is 1. The number of carbonyl (C=O) groups is 2. The smallest absolute Gasteiger partial charge is 0.410 e. The summed E-state index contributed by atoms with van der Waals surface area (Å²) in [5, 5.41) is 21.3. The minimum absolute atomic E-state index is 0.0172. The third kappa shape index (κ3) is 8.07. The molecule has 1 N–H and O–H groups in total. The monoisotopic (exact) mass is 632 g/mol. The average molecular weight is 633 g/mol. The zero-order valence-electron chi connectivity index (χ0n) is 26.8. The molecule has 0 bridgehead atoms. The van der Waals surface area contributed by atoms with Crippen LogP contribution in [0.4, 0.5) is 10.5 Å². The average Bonchev–Trinajstić information content (AvgIpc) is 3.82. The van der Waals surface area contributed by atoms with Crippen LogP contribution in [0.3, 0.4) is 0 Å². The van der Waals surface area contributed by atoms with E-state index in [9.17, 15) is 24.8 Å². The molecule has 2 saturated carbocycles. The van der Waals surface area contributed by atoms with E-state index in [1.165, 1.54) is 24.1 Å². The highest BCUT2D eigenvalue weighted by molar-refractivity contribution is 5.74. The van der Waals surface area contributed by atoms with E-state index in [4.69, 9.17) is 4.74 Å². The van der Waals surface area contributed by atoms with Crippen LogP contribution in [0.5, 0.6) is 0 Å². The molecule has 2 aromatic rings. The zero-order chi connectivity index (χ0) is 32.0. The van der Waals surface area contributed by atoms with Crippen molar-refractivity contribution >= 4 is 17.7 Å². The Morgan fingerprint density at radius 2 is 1.63 bits per heavy atom. The van der Waals surface area contributed by atoms with E-state index in [1.807, 2.05) is 11.0 Å². The number of hydrogen-bond acceptors (Lipinski definition) is 7. The summed E-state index contributed by atoms with van der Waals surface area (Å²) >= 11 is 0. The Bertz CT molecular complexity index is 1320. The van der Waals surface area contributed by atoms with Crippen molar-refractivity contribution in [3.63, 3.8) is 0 Å². The molecule has 3 atom stereocenters. The summed E-state index contributed by atoms with van der Waals surface area (Å²) in [6, 6.07) is 16.5. The second-order valence-electron chi connectivity index (χ2n) is 14.0. The summed E-state index contributed by atoms with van der Waals surface area (Å²) in [4.78, 5) is 43.2. The van der Waals surface area contributed by atoms with Crippen LogP contribution in [0.1, 0.15) is 74.8 Å². The standard InChI is InChI=1S/C36H48N4O6/c41-35(42)34(29-9-5-2-6-10-29)38-23-30(33(24-38)28-7-3-1-4-8-28)22-37-19-17-31(18-20-37)39(21-26-11-12-26)36(43)46-25-27-13-15-32(16-14-27)40(44)45/h1,3-4,7-8,13-16,26,29-31,33-34H,2,5-6,9-12,17-25H2,(H,41,42)/t30-,33+,34+/m0/s1. The molecule has 4 fully saturated rings. The molecule has 10 heteroatoms. The van der Waals surface area contributed by atoms with Gasteiger partial charge in [-0.25, -0.2) is 4.79 Å². The van der Waals surface area contributed by atoms with Crippen LogP contribution in [0.25, 0.3) is 0 Å². The highest BCUT2D eigenvalue weighted by Gasteiger charge is 2.43. The minimum Gasteiger partial charge on any atom is -0.480 e. The zero-order valence-corrected chi connectivity index (χ0v) is 26.8. The number of likely N-dealkylation sites (tertiary alicyclic amines) is 2. The molecule has 0 radical (unpaired) electrons. The van der Waals surface area contributed by atoms with Gasteiger partial charge in [0.25, 0.3) is 5.69 Å².